The zero-order valence-corrected chi connectivity index (χ0v) is 21.6. The minimum atomic E-state index is -3.73. The van der Waals surface area contributed by atoms with E-state index in [1.165, 1.54) is 4.90 Å². The molecule has 0 aliphatic carbocycles. The summed E-state index contributed by atoms with van der Waals surface area (Å²) in [6.45, 7) is 8.05. The molecule has 0 saturated carbocycles. The van der Waals surface area contributed by atoms with E-state index in [2.05, 4.69) is 5.32 Å². The molecule has 0 unspecified atom stereocenters. The fourth-order valence-corrected chi connectivity index (χ4v) is 4.55. The Labute approximate surface area is 204 Å². The Kier molecular flexibility index (Phi) is 10.1. The van der Waals surface area contributed by atoms with E-state index in [0.29, 0.717) is 31.6 Å². The summed E-state index contributed by atoms with van der Waals surface area (Å²) in [5, 5.41) is 2.88. The van der Waals surface area contributed by atoms with Crippen molar-refractivity contribution >= 4 is 27.5 Å². The van der Waals surface area contributed by atoms with Crippen molar-refractivity contribution in [2.24, 2.45) is 5.92 Å². The average Bonchev–Trinajstić information content (AvgIpc) is 2.80. The van der Waals surface area contributed by atoms with E-state index in [-0.39, 0.29) is 18.4 Å². The fraction of sp³-hybridized carbons (Fsp3) is 0.462. The zero-order chi connectivity index (χ0) is 25.3. The number of nitrogens with zero attached hydrogens (tertiary/aromatic N) is 2. The second-order valence-corrected chi connectivity index (χ2v) is 10.8. The van der Waals surface area contributed by atoms with Crippen LogP contribution < -0.4 is 9.62 Å². The van der Waals surface area contributed by atoms with Gasteiger partial charge in [0, 0.05) is 13.1 Å². The number of amides is 2. The first-order valence-corrected chi connectivity index (χ1v) is 13.6. The molecule has 34 heavy (non-hydrogen) atoms. The van der Waals surface area contributed by atoms with Crippen LogP contribution in [0, 0.1) is 5.92 Å². The third-order valence-electron chi connectivity index (χ3n) is 5.66. The first kappa shape index (κ1) is 27.4. The number of para-hydroxylation sites is 1. The minimum Gasteiger partial charge on any atom is -0.354 e. The number of carbonyl (C=O) groups is 2. The number of rotatable bonds is 12. The van der Waals surface area contributed by atoms with Gasteiger partial charge in [0.2, 0.25) is 21.8 Å². The molecular weight excluding hydrogens is 450 g/mol. The Morgan fingerprint density at radius 2 is 1.59 bits per heavy atom. The molecule has 0 aromatic heterocycles. The van der Waals surface area contributed by atoms with Crippen LogP contribution in [0.5, 0.6) is 0 Å². The molecule has 0 aliphatic heterocycles. The molecule has 0 radical (unpaired) electrons. The molecule has 0 bridgehead atoms. The molecule has 2 aromatic rings. The summed E-state index contributed by atoms with van der Waals surface area (Å²) < 4.78 is 26.5. The molecule has 0 saturated heterocycles. The molecule has 2 amide bonds. The molecule has 2 rings (SSSR count). The van der Waals surface area contributed by atoms with Crippen molar-refractivity contribution in [2.75, 3.05) is 30.2 Å². The summed E-state index contributed by atoms with van der Waals surface area (Å²) in [5.41, 5.74) is 2.35. The Morgan fingerprint density at radius 3 is 2.18 bits per heavy atom. The van der Waals surface area contributed by atoms with Crippen molar-refractivity contribution in [3.05, 3.63) is 65.7 Å². The maximum Gasteiger partial charge on any atom is 0.244 e. The third-order valence-corrected chi connectivity index (χ3v) is 6.78. The lowest BCUT2D eigenvalue weighted by Crippen LogP contribution is -2.52. The Hall–Kier alpha value is -2.87. The largest absolute Gasteiger partial charge is 0.354 e. The Morgan fingerprint density at radius 1 is 0.971 bits per heavy atom. The molecule has 7 nitrogen and oxygen atoms in total. The molecule has 1 N–H and O–H groups in total. The predicted octanol–water partition coefficient (Wildman–Crippen LogP) is 3.25. The van der Waals surface area contributed by atoms with Gasteiger partial charge in [-0.25, -0.2) is 8.42 Å². The lowest BCUT2D eigenvalue weighted by Gasteiger charge is -2.32. The van der Waals surface area contributed by atoms with Crippen LogP contribution in [0.4, 0.5) is 5.69 Å². The van der Waals surface area contributed by atoms with Gasteiger partial charge in [-0.3, -0.25) is 13.9 Å². The van der Waals surface area contributed by atoms with Crippen LogP contribution in [0.15, 0.2) is 54.6 Å². The highest BCUT2D eigenvalue weighted by Crippen LogP contribution is 2.24. The summed E-state index contributed by atoms with van der Waals surface area (Å²) in [6, 6.07) is 16.1. The van der Waals surface area contributed by atoms with Gasteiger partial charge in [-0.15, -0.1) is 0 Å². The molecule has 2 aromatic carbocycles. The molecule has 186 valence electrons. The summed E-state index contributed by atoms with van der Waals surface area (Å²) in [6.07, 6.45) is 2.28. The van der Waals surface area contributed by atoms with Gasteiger partial charge in [0.05, 0.1) is 11.9 Å². The smallest absolute Gasteiger partial charge is 0.244 e. The molecule has 0 aliphatic rings. The number of nitrogens with one attached hydrogen (secondary N) is 1. The van der Waals surface area contributed by atoms with Gasteiger partial charge in [0.1, 0.15) is 12.6 Å². The number of hydrogen-bond acceptors (Lipinski definition) is 4. The molecular formula is C26H37N3O4S. The minimum absolute atomic E-state index is 0.255. The van der Waals surface area contributed by atoms with E-state index in [4.69, 9.17) is 0 Å². The SMILES string of the molecule is CCc1ccccc1N(CC(=O)N(CCc1ccccc1)[C@@H](C)C(=O)NCC(C)C)S(C)(=O)=O. The first-order valence-electron chi connectivity index (χ1n) is 11.7. The second-order valence-electron chi connectivity index (χ2n) is 8.89. The maximum atomic E-state index is 13.5. The third kappa shape index (κ3) is 7.87. The highest BCUT2D eigenvalue weighted by Gasteiger charge is 2.30. The lowest BCUT2D eigenvalue weighted by molar-refractivity contribution is -0.138. The fourth-order valence-electron chi connectivity index (χ4n) is 3.67. The van der Waals surface area contributed by atoms with E-state index in [0.717, 1.165) is 21.7 Å². The van der Waals surface area contributed by atoms with E-state index in [9.17, 15) is 18.0 Å². The topological polar surface area (TPSA) is 86.8 Å². The highest BCUT2D eigenvalue weighted by atomic mass is 32.2. The van der Waals surface area contributed by atoms with Crippen LogP contribution in [0.25, 0.3) is 0 Å². The second kappa shape index (κ2) is 12.6. The van der Waals surface area contributed by atoms with Crippen molar-refractivity contribution in [1.29, 1.82) is 0 Å². The quantitative estimate of drug-likeness (QED) is 0.498. The van der Waals surface area contributed by atoms with Crippen LogP contribution in [-0.4, -0.2) is 57.1 Å². The molecule has 0 spiro atoms. The van der Waals surface area contributed by atoms with Crippen LogP contribution in [-0.2, 0) is 32.5 Å². The van der Waals surface area contributed by atoms with E-state index < -0.39 is 22.0 Å². The average molecular weight is 488 g/mol. The van der Waals surface area contributed by atoms with Crippen molar-refractivity contribution in [1.82, 2.24) is 10.2 Å². The van der Waals surface area contributed by atoms with Gasteiger partial charge in [0.15, 0.2) is 0 Å². The molecule has 1 atom stereocenters. The van der Waals surface area contributed by atoms with Gasteiger partial charge in [-0.1, -0.05) is 69.3 Å². The van der Waals surface area contributed by atoms with Crippen molar-refractivity contribution in [3.63, 3.8) is 0 Å². The van der Waals surface area contributed by atoms with Gasteiger partial charge >= 0.3 is 0 Å². The van der Waals surface area contributed by atoms with Crippen LogP contribution in [0.2, 0.25) is 0 Å². The summed E-state index contributed by atoms with van der Waals surface area (Å²) in [4.78, 5) is 27.8. The lowest BCUT2D eigenvalue weighted by atomic mass is 10.1. The van der Waals surface area contributed by atoms with Crippen molar-refractivity contribution in [2.45, 2.75) is 46.6 Å². The van der Waals surface area contributed by atoms with Gasteiger partial charge in [0.25, 0.3) is 0 Å². The van der Waals surface area contributed by atoms with Crippen molar-refractivity contribution < 1.29 is 18.0 Å². The summed E-state index contributed by atoms with van der Waals surface area (Å²) in [7, 11) is -3.73. The van der Waals surface area contributed by atoms with Gasteiger partial charge in [-0.05, 0) is 42.9 Å². The Bertz CT molecular complexity index is 1050. The first-order chi connectivity index (χ1) is 16.0. The molecule has 8 heteroatoms. The van der Waals surface area contributed by atoms with Crippen LogP contribution >= 0.6 is 0 Å². The van der Waals surface area contributed by atoms with Gasteiger partial charge < -0.3 is 10.2 Å². The number of benzene rings is 2. The number of carbonyl (C=O) groups excluding carboxylic acids is 2. The standard InChI is InChI=1S/C26H37N3O4S/c1-6-23-14-10-11-15-24(23)29(34(5,32)33)19-25(30)28(17-16-22-12-8-7-9-13-22)21(4)26(31)27-18-20(2)3/h7-15,20-21H,6,16-19H2,1-5H3,(H,27,31)/t21-/m0/s1. The molecule has 0 heterocycles. The van der Waals surface area contributed by atoms with Crippen molar-refractivity contribution in [3.8, 4) is 0 Å². The van der Waals surface area contributed by atoms with Crippen LogP contribution in [0.3, 0.4) is 0 Å². The van der Waals surface area contributed by atoms with E-state index >= 15 is 0 Å². The number of sulfonamides is 1. The zero-order valence-electron chi connectivity index (χ0n) is 20.8. The summed E-state index contributed by atoms with van der Waals surface area (Å²) in [5.74, 6) is -0.398. The maximum absolute atomic E-state index is 13.5. The normalized spacial score (nSPS) is 12.3. The number of anilines is 1. The molecule has 0 fully saturated rings. The van der Waals surface area contributed by atoms with Crippen LogP contribution in [0.1, 0.15) is 38.8 Å². The Balaban J connectivity index is 2.32. The predicted molar refractivity (Wildman–Crippen MR) is 137 cm³/mol. The van der Waals surface area contributed by atoms with E-state index in [1.807, 2.05) is 63.2 Å². The highest BCUT2D eigenvalue weighted by molar-refractivity contribution is 7.92. The summed E-state index contributed by atoms with van der Waals surface area (Å²) >= 11 is 0. The monoisotopic (exact) mass is 487 g/mol. The van der Waals surface area contributed by atoms with Gasteiger partial charge in [-0.2, -0.15) is 0 Å². The number of aryl methyl sites for hydroxylation is 1. The van der Waals surface area contributed by atoms with E-state index in [1.54, 1.807) is 19.1 Å². The number of hydrogen-bond donors (Lipinski definition) is 1.